The summed E-state index contributed by atoms with van der Waals surface area (Å²) in [7, 11) is -3.69. The SMILES string of the molecule is CCNC(=O)c1ccc(CNS(=O)(=O)c2cnn(-c3ccccc3)c2)cc1. The van der Waals surface area contributed by atoms with E-state index in [4.69, 9.17) is 0 Å². The molecule has 3 aromatic rings. The molecule has 3 rings (SSSR count). The molecule has 0 saturated heterocycles. The van der Waals surface area contributed by atoms with Crippen molar-refractivity contribution in [1.29, 1.82) is 0 Å². The van der Waals surface area contributed by atoms with Gasteiger partial charge in [-0.3, -0.25) is 4.79 Å². The van der Waals surface area contributed by atoms with Crippen LogP contribution in [0.15, 0.2) is 71.9 Å². The summed E-state index contributed by atoms with van der Waals surface area (Å²) in [6, 6.07) is 16.1. The molecule has 0 spiro atoms. The Kier molecular flexibility index (Phi) is 5.68. The lowest BCUT2D eigenvalue weighted by molar-refractivity contribution is 0.0956. The van der Waals surface area contributed by atoms with Crippen molar-refractivity contribution in [3.63, 3.8) is 0 Å². The summed E-state index contributed by atoms with van der Waals surface area (Å²) in [5.41, 5.74) is 2.06. The quantitative estimate of drug-likeness (QED) is 0.652. The Morgan fingerprint density at radius 3 is 2.44 bits per heavy atom. The molecule has 0 atom stereocenters. The number of aromatic nitrogens is 2. The summed E-state index contributed by atoms with van der Waals surface area (Å²) in [5.74, 6) is -0.155. The van der Waals surface area contributed by atoms with Gasteiger partial charge in [-0.1, -0.05) is 30.3 Å². The van der Waals surface area contributed by atoms with Gasteiger partial charge in [0.2, 0.25) is 10.0 Å². The van der Waals surface area contributed by atoms with Crippen molar-refractivity contribution in [3.05, 3.63) is 78.1 Å². The fourth-order valence-corrected chi connectivity index (χ4v) is 3.41. The van der Waals surface area contributed by atoms with Crippen LogP contribution >= 0.6 is 0 Å². The van der Waals surface area contributed by atoms with Gasteiger partial charge in [0.05, 0.1) is 18.1 Å². The van der Waals surface area contributed by atoms with Gasteiger partial charge in [-0.25, -0.2) is 17.8 Å². The van der Waals surface area contributed by atoms with Crippen molar-refractivity contribution in [2.24, 2.45) is 0 Å². The highest BCUT2D eigenvalue weighted by atomic mass is 32.2. The lowest BCUT2D eigenvalue weighted by Crippen LogP contribution is -2.24. The molecule has 1 amide bonds. The van der Waals surface area contributed by atoms with Crippen molar-refractivity contribution < 1.29 is 13.2 Å². The zero-order chi connectivity index (χ0) is 19.3. The number of rotatable bonds is 7. The molecule has 0 bridgehead atoms. The molecule has 1 aromatic heterocycles. The van der Waals surface area contributed by atoms with Crippen molar-refractivity contribution in [1.82, 2.24) is 19.8 Å². The van der Waals surface area contributed by atoms with Crippen LogP contribution in [0.25, 0.3) is 5.69 Å². The molecule has 0 radical (unpaired) electrons. The van der Waals surface area contributed by atoms with Crippen LogP contribution in [0.2, 0.25) is 0 Å². The first kappa shape index (κ1) is 18.8. The first-order valence-electron chi connectivity index (χ1n) is 8.46. The van der Waals surface area contributed by atoms with Gasteiger partial charge >= 0.3 is 0 Å². The molecular formula is C19H20N4O3S. The lowest BCUT2D eigenvalue weighted by Gasteiger charge is -2.06. The number of benzene rings is 2. The van der Waals surface area contributed by atoms with Crippen molar-refractivity contribution in [2.75, 3.05) is 6.54 Å². The number of nitrogens with zero attached hydrogens (tertiary/aromatic N) is 2. The van der Waals surface area contributed by atoms with Crippen LogP contribution in [0.1, 0.15) is 22.8 Å². The summed E-state index contributed by atoms with van der Waals surface area (Å²) in [6.07, 6.45) is 2.78. The molecular weight excluding hydrogens is 364 g/mol. The maximum atomic E-state index is 12.5. The fourth-order valence-electron chi connectivity index (χ4n) is 2.47. The summed E-state index contributed by atoms with van der Waals surface area (Å²) >= 11 is 0. The van der Waals surface area contributed by atoms with E-state index in [0.717, 1.165) is 11.3 Å². The first-order chi connectivity index (χ1) is 13.0. The van der Waals surface area contributed by atoms with E-state index in [0.29, 0.717) is 12.1 Å². The topological polar surface area (TPSA) is 93.1 Å². The second kappa shape index (κ2) is 8.15. The van der Waals surface area contributed by atoms with E-state index in [9.17, 15) is 13.2 Å². The Morgan fingerprint density at radius 2 is 1.78 bits per heavy atom. The van der Waals surface area contributed by atoms with E-state index in [1.54, 1.807) is 24.3 Å². The summed E-state index contributed by atoms with van der Waals surface area (Å²) in [4.78, 5) is 11.8. The second-order valence-corrected chi connectivity index (χ2v) is 7.60. The van der Waals surface area contributed by atoms with Crippen LogP contribution < -0.4 is 10.0 Å². The molecule has 0 fully saturated rings. The number of hydrogen-bond donors (Lipinski definition) is 2. The zero-order valence-electron chi connectivity index (χ0n) is 14.8. The average molecular weight is 384 g/mol. The Morgan fingerprint density at radius 1 is 1.07 bits per heavy atom. The van der Waals surface area contributed by atoms with Crippen LogP contribution in [0.5, 0.6) is 0 Å². The van der Waals surface area contributed by atoms with Gasteiger partial charge in [0.25, 0.3) is 5.91 Å². The van der Waals surface area contributed by atoms with Gasteiger partial charge < -0.3 is 5.32 Å². The minimum atomic E-state index is -3.69. The fraction of sp³-hybridized carbons (Fsp3) is 0.158. The number of para-hydroxylation sites is 1. The molecule has 2 N–H and O–H groups in total. The van der Waals surface area contributed by atoms with Gasteiger partial charge in [0.1, 0.15) is 4.90 Å². The number of nitrogens with one attached hydrogen (secondary N) is 2. The number of sulfonamides is 1. The van der Waals surface area contributed by atoms with E-state index in [1.165, 1.54) is 17.1 Å². The van der Waals surface area contributed by atoms with Crippen molar-refractivity contribution in [2.45, 2.75) is 18.4 Å². The third kappa shape index (κ3) is 4.60. The highest BCUT2D eigenvalue weighted by Gasteiger charge is 2.16. The molecule has 0 aliphatic heterocycles. The third-order valence-electron chi connectivity index (χ3n) is 3.91. The zero-order valence-corrected chi connectivity index (χ0v) is 15.6. The van der Waals surface area contributed by atoms with E-state index in [-0.39, 0.29) is 17.3 Å². The third-order valence-corrected chi connectivity index (χ3v) is 5.27. The molecule has 0 unspecified atom stereocenters. The highest BCUT2D eigenvalue weighted by molar-refractivity contribution is 7.89. The molecule has 0 saturated carbocycles. The van der Waals surface area contributed by atoms with Gasteiger partial charge in [-0.05, 0) is 36.8 Å². The van der Waals surface area contributed by atoms with Gasteiger partial charge in [-0.15, -0.1) is 0 Å². The van der Waals surface area contributed by atoms with E-state index in [2.05, 4.69) is 15.1 Å². The normalized spacial score (nSPS) is 11.3. The van der Waals surface area contributed by atoms with E-state index >= 15 is 0 Å². The molecule has 0 aliphatic carbocycles. The van der Waals surface area contributed by atoms with Crippen LogP contribution in [0.3, 0.4) is 0 Å². The van der Waals surface area contributed by atoms with Gasteiger partial charge in [0.15, 0.2) is 0 Å². The van der Waals surface area contributed by atoms with Gasteiger partial charge in [-0.2, -0.15) is 5.10 Å². The maximum absolute atomic E-state index is 12.5. The van der Waals surface area contributed by atoms with Crippen molar-refractivity contribution >= 4 is 15.9 Å². The molecule has 8 heteroatoms. The average Bonchev–Trinajstić information content (AvgIpc) is 3.19. The van der Waals surface area contributed by atoms with E-state index < -0.39 is 10.0 Å². The molecule has 140 valence electrons. The smallest absolute Gasteiger partial charge is 0.251 e. The van der Waals surface area contributed by atoms with Crippen LogP contribution in [0.4, 0.5) is 0 Å². The number of hydrogen-bond acceptors (Lipinski definition) is 4. The van der Waals surface area contributed by atoms with Crippen LogP contribution in [-0.2, 0) is 16.6 Å². The molecule has 1 heterocycles. The minimum Gasteiger partial charge on any atom is -0.352 e. The molecule has 0 aliphatic rings. The summed E-state index contributed by atoms with van der Waals surface area (Å²) < 4.78 is 29.0. The Labute approximate surface area is 158 Å². The molecule has 27 heavy (non-hydrogen) atoms. The van der Waals surface area contributed by atoms with Crippen LogP contribution in [0, 0.1) is 0 Å². The van der Waals surface area contributed by atoms with Crippen molar-refractivity contribution in [3.8, 4) is 5.69 Å². The van der Waals surface area contributed by atoms with Crippen LogP contribution in [-0.4, -0.2) is 30.7 Å². The summed E-state index contributed by atoms with van der Waals surface area (Å²) in [5, 5.41) is 6.82. The number of carbonyl (C=O) groups is 1. The first-order valence-corrected chi connectivity index (χ1v) is 9.95. The Hall–Kier alpha value is -2.97. The molecule has 2 aromatic carbocycles. The Bertz CT molecular complexity index is 1010. The largest absolute Gasteiger partial charge is 0.352 e. The molecule has 7 nitrogen and oxygen atoms in total. The predicted octanol–water partition coefficient (Wildman–Crippen LogP) is 2.10. The minimum absolute atomic E-state index is 0.0882. The van der Waals surface area contributed by atoms with Gasteiger partial charge in [0, 0.05) is 18.7 Å². The second-order valence-electron chi connectivity index (χ2n) is 5.84. The Balaban J connectivity index is 1.67. The predicted molar refractivity (Wildman–Crippen MR) is 102 cm³/mol. The number of carbonyl (C=O) groups excluding carboxylic acids is 1. The van der Waals surface area contributed by atoms with E-state index in [1.807, 2.05) is 37.3 Å². The monoisotopic (exact) mass is 384 g/mol. The number of amides is 1. The standard InChI is InChI=1S/C19H20N4O3S/c1-2-20-19(24)16-10-8-15(9-11-16)12-22-27(25,26)18-13-21-23(14-18)17-6-4-3-5-7-17/h3-11,13-14,22H,2,12H2,1H3,(H,20,24). The maximum Gasteiger partial charge on any atom is 0.251 e. The summed E-state index contributed by atoms with van der Waals surface area (Å²) in [6.45, 7) is 2.52. The highest BCUT2D eigenvalue weighted by Crippen LogP contribution is 2.13. The lowest BCUT2D eigenvalue weighted by atomic mass is 10.1.